The molecule has 2 aromatic rings. The van der Waals surface area contributed by atoms with Crippen LogP contribution in [0.5, 0.6) is 0 Å². The van der Waals surface area contributed by atoms with E-state index < -0.39 is 0 Å². The first-order chi connectivity index (χ1) is 9.38. The molecule has 1 aliphatic rings. The molecule has 1 aromatic carbocycles. The smallest absolute Gasteiger partial charge is 0.0929 e. The number of nitrogens with one attached hydrogen (secondary N) is 1. The summed E-state index contributed by atoms with van der Waals surface area (Å²) in [6.07, 6.45) is 4.38. The van der Waals surface area contributed by atoms with Crippen LogP contribution < -0.4 is 0 Å². The van der Waals surface area contributed by atoms with Crippen molar-refractivity contribution in [2.45, 2.75) is 25.7 Å². The van der Waals surface area contributed by atoms with Crippen molar-refractivity contribution in [3.8, 4) is 11.3 Å². The van der Waals surface area contributed by atoms with Crippen LogP contribution in [-0.4, -0.2) is 34.5 Å². The van der Waals surface area contributed by atoms with E-state index in [1.54, 1.807) is 0 Å². The molecule has 19 heavy (non-hydrogen) atoms. The van der Waals surface area contributed by atoms with Crippen molar-refractivity contribution in [3.63, 3.8) is 0 Å². The average Bonchev–Trinajstić information content (AvgIpc) is 2.98. The van der Waals surface area contributed by atoms with Gasteiger partial charge in [-0.15, -0.1) is 0 Å². The lowest BCUT2D eigenvalue weighted by molar-refractivity contribution is 0.216. The third kappa shape index (κ3) is 2.56. The van der Waals surface area contributed by atoms with Crippen molar-refractivity contribution in [1.82, 2.24) is 14.9 Å². The SMILES string of the molecule is CCN1CCC[C@H](c2[nH]cnc2-c2ccccc2)C1. The topological polar surface area (TPSA) is 31.9 Å². The third-order valence-electron chi connectivity index (χ3n) is 4.08. The first-order valence-corrected chi connectivity index (χ1v) is 7.19. The van der Waals surface area contributed by atoms with Gasteiger partial charge >= 0.3 is 0 Å². The number of likely N-dealkylation sites (tertiary alicyclic amines) is 1. The summed E-state index contributed by atoms with van der Waals surface area (Å²) in [5.41, 5.74) is 3.65. The zero-order valence-corrected chi connectivity index (χ0v) is 11.5. The van der Waals surface area contributed by atoms with E-state index >= 15 is 0 Å². The molecule has 1 aliphatic heterocycles. The molecule has 100 valence electrons. The highest BCUT2D eigenvalue weighted by Gasteiger charge is 2.24. The van der Waals surface area contributed by atoms with Gasteiger partial charge in [0.15, 0.2) is 0 Å². The lowest BCUT2D eigenvalue weighted by Gasteiger charge is -2.31. The van der Waals surface area contributed by atoms with Gasteiger partial charge in [0.25, 0.3) is 0 Å². The maximum Gasteiger partial charge on any atom is 0.0929 e. The minimum Gasteiger partial charge on any atom is -0.348 e. The van der Waals surface area contributed by atoms with Crippen LogP contribution in [0.25, 0.3) is 11.3 Å². The molecule has 1 aromatic heterocycles. The lowest BCUT2D eigenvalue weighted by Crippen LogP contribution is -2.34. The Morgan fingerprint density at radius 3 is 2.95 bits per heavy atom. The first-order valence-electron chi connectivity index (χ1n) is 7.19. The molecule has 0 aliphatic carbocycles. The van der Waals surface area contributed by atoms with Gasteiger partial charge < -0.3 is 9.88 Å². The van der Waals surface area contributed by atoms with E-state index in [1.165, 1.54) is 30.6 Å². The van der Waals surface area contributed by atoms with Gasteiger partial charge in [-0.3, -0.25) is 0 Å². The van der Waals surface area contributed by atoms with Gasteiger partial charge in [0.1, 0.15) is 0 Å². The summed E-state index contributed by atoms with van der Waals surface area (Å²) < 4.78 is 0. The highest BCUT2D eigenvalue weighted by atomic mass is 15.1. The average molecular weight is 255 g/mol. The maximum absolute atomic E-state index is 4.54. The minimum absolute atomic E-state index is 0.589. The number of aromatic nitrogens is 2. The summed E-state index contributed by atoms with van der Waals surface area (Å²) >= 11 is 0. The van der Waals surface area contributed by atoms with Crippen LogP contribution in [0.1, 0.15) is 31.4 Å². The minimum atomic E-state index is 0.589. The summed E-state index contributed by atoms with van der Waals surface area (Å²) in [6.45, 7) is 5.78. The van der Waals surface area contributed by atoms with E-state index in [0.29, 0.717) is 5.92 Å². The molecule has 0 amide bonds. The summed E-state index contributed by atoms with van der Waals surface area (Å²) in [5.74, 6) is 0.589. The van der Waals surface area contributed by atoms with E-state index in [1.807, 2.05) is 6.33 Å². The number of piperidine rings is 1. The Hall–Kier alpha value is -1.61. The van der Waals surface area contributed by atoms with Crippen molar-refractivity contribution >= 4 is 0 Å². The van der Waals surface area contributed by atoms with E-state index in [2.05, 4.69) is 52.1 Å². The number of hydrogen-bond donors (Lipinski definition) is 1. The number of benzene rings is 1. The fourth-order valence-electron chi connectivity index (χ4n) is 3.02. The predicted molar refractivity (Wildman–Crippen MR) is 78.1 cm³/mol. The number of likely N-dealkylation sites (N-methyl/N-ethyl adjacent to an activating group) is 1. The molecule has 0 radical (unpaired) electrons. The van der Waals surface area contributed by atoms with E-state index in [9.17, 15) is 0 Å². The number of rotatable bonds is 3. The van der Waals surface area contributed by atoms with Crippen LogP contribution in [0, 0.1) is 0 Å². The molecule has 0 unspecified atom stereocenters. The Kier molecular flexibility index (Phi) is 3.65. The van der Waals surface area contributed by atoms with Crippen LogP contribution in [0.4, 0.5) is 0 Å². The van der Waals surface area contributed by atoms with Gasteiger partial charge in [-0.25, -0.2) is 4.98 Å². The molecule has 3 rings (SSSR count). The number of hydrogen-bond acceptors (Lipinski definition) is 2. The second-order valence-electron chi connectivity index (χ2n) is 5.26. The molecule has 1 saturated heterocycles. The van der Waals surface area contributed by atoms with Crippen molar-refractivity contribution in [2.24, 2.45) is 0 Å². The van der Waals surface area contributed by atoms with Crippen molar-refractivity contribution in [3.05, 3.63) is 42.4 Å². The highest BCUT2D eigenvalue weighted by Crippen LogP contribution is 2.31. The molecule has 0 saturated carbocycles. The summed E-state index contributed by atoms with van der Waals surface area (Å²) in [4.78, 5) is 10.5. The zero-order chi connectivity index (χ0) is 13.1. The predicted octanol–water partition coefficient (Wildman–Crippen LogP) is 3.28. The quantitative estimate of drug-likeness (QED) is 0.912. The van der Waals surface area contributed by atoms with E-state index in [0.717, 1.165) is 18.8 Å². The summed E-state index contributed by atoms with van der Waals surface area (Å²) in [7, 11) is 0. The van der Waals surface area contributed by atoms with Crippen LogP contribution in [0.3, 0.4) is 0 Å². The van der Waals surface area contributed by atoms with Gasteiger partial charge in [0.2, 0.25) is 0 Å². The highest BCUT2D eigenvalue weighted by molar-refractivity contribution is 5.62. The van der Waals surface area contributed by atoms with Gasteiger partial charge in [0, 0.05) is 23.7 Å². The molecule has 3 heteroatoms. The number of aromatic amines is 1. The van der Waals surface area contributed by atoms with Crippen molar-refractivity contribution in [2.75, 3.05) is 19.6 Å². The van der Waals surface area contributed by atoms with Gasteiger partial charge in [-0.1, -0.05) is 37.3 Å². The van der Waals surface area contributed by atoms with E-state index in [-0.39, 0.29) is 0 Å². The van der Waals surface area contributed by atoms with E-state index in [4.69, 9.17) is 0 Å². The Labute approximate surface area is 114 Å². The molecule has 1 atom stereocenters. The van der Waals surface area contributed by atoms with Crippen molar-refractivity contribution < 1.29 is 0 Å². The molecule has 1 fully saturated rings. The normalized spacial score (nSPS) is 20.6. The van der Waals surface area contributed by atoms with Gasteiger partial charge in [-0.2, -0.15) is 0 Å². The molecule has 0 bridgehead atoms. The monoisotopic (exact) mass is 255 g/mol. The van der Waals surface area contributed by atoms with Gasteiger partial charge in [0.05, 0.1) is 12.0 Å². The third-order valence-corrected chi connectivity index (χ3v) is 4.08. The molecule has 2 heterocycles. The van der Waals surface area contributed by atoms with Crippen molar-refractivity contribution in [1.29, 1.82) is 0 Å². The van der Waals surface area contributed by atoms with Crippen LogP contribution in [0.2, 0.25) is 0 Å². The maximum atomic E-state index is 4.54. The van der Waals surface area contributed by atoms with Crippen LogP contribution >= 0.6 is 0 Å². The molecule has 1 N–H and O–H groups in total. The number of imidazole rings is 1. The number of nitrogens with zero attached hydrogens (tertiary/aromatic N) is 2. The number of H-pyrrole nitrogens is 1. The van der Waals surface area contributed by atoms with Crippen LogP contribution in [0.15, 0.2) is 36.7 Å². The fourth-order valence-corrected chi connectivity index (χ4v) is 3.02. The second-order valence-corrected chi connectivity index (χ2v) is 5.26. The Morgan fingerprint density at radius 1 is 1.32 bits per heavy atom. The van der Waals surface area contributed by atoms with Crippen LogP contribution in [-0.2, 0) is 0 Å². The zero-order valence-electron chi connectivity index (χ0n) is 11.5. The summed E-state index contributed by atoms with van der Waals surface area (Å²) in [5, 5.41) is 0. The molecular weight excluding hydrogens is 234 g/mol. The standard InChI is InChI=1S/C16H21N3/c1-2-19-10-6-9-14(11-19)16-15(17-12-18-16)13-7-4-3-5-8-13/h3-5,7-8,12,14H,2,6,9-11H2,1H3,(H,17,18)/t14-/m0/s1. The molecule has 3 nitrogen and oxygen atoms in total. The fraction of sp³-hybridized carbons (Fsp3) is 0.438. The largest absolute Gasteiger partial charge is 0.348 e. The molecule has 0 spiro atoms. The summed E-state index contributed by atoms with van der Waals surface area (Å²) in [6, 6.07) is 10.5. The Morgan fingerprint density at radius 2 is 2.16 bits per heavy atom. The van der Waals surface area contributed by atoms with Gasteiger partial charge in [-0.05, 0) is 25.9 Å². The lowest BCUT2D eigenvalue weighted by atomic mass is 9.92. The Balaban J connectivity index is 1.88. The molecular formula is C16H21N3. The second kappa shape index (κ2) is 5.57. The Bertz CT molecular complexity index is 518. The first kappa shape index (κ1) is 12.4.